The Morgan fingerprint density at radius 2 is 1.75 bits per heavy atom. The van der Waals surface area contributed by atoms with Crippen LogP contribution in [0.15, 0.2) is 72.9 Å². The topological polar surface area (TPSA) is 62.3 Å². The molecule has 0 bridgehead atoms. The maximum Gasteiger partial charge on any atom is 0.276 e. The average Bonchev–Trinajstić information content (AvgIpc) is 2.74. The van der Waals surface area contributed by atoms with Crippen molar-refractivity contribution in [2.75, 3.05) is 11.4 Å². The molecule has 2 aromatic carbocycles. The van der Waals surface area contributed by atoms with Crippen molar-refractivity contribution in [1.82, 2.24) is 10.3 Å². The number of nitrogens with one attached hydrogen (secondary N) is 1. The second kappa shape index (κ2) is 8.90. The standard InChI is InChI=1S/C22H20FN3O2/c1-2-26(19-6-4-3-5-7-19)22(28)20-14-17(12-13-24-20)21(27)25-15-16-8-10-18(23)11-9-16/h3-14H,2,15H2,1H3,(H,25,27). The molecule has 142 valence electrons. The van der Waals surface area contributed by atoms with E-state index in [1.165, 1.54) is 24.4 Å². The van der Waals surface area contributed by atoms with Crippen LogP contribution in [0, 0.1) is 5.82 Å². The van der Waals surface area contributed by atoms with Gasteiger partial charge in [-0.05, 0) is 48.9 Å². The fraction of sp³-hybridized carbons (Fsp3) is 0.136. The van der Waals surface area contributed by atoms with E-state index in [2.05, 4.69) is 10.3 Å². The van der Waals surface area contributed by atoms with Gasteiger partial charge in [-0.1, -0.05) is 30.3 Å². The van der Waals surface area contributed by atoms with E-state index in [9.17, 15) is 14.0 Å². The van der Waals surface area contributed by atoms with E-state index in [-0.39, 0.29) is 29.9 Å². The largest absolute Gasteiger partial charge is 0.348 e. The maximum atomic E-state index is 13.0. The fourth-order valence-corrected chi connectivity index (χ4v) is 2.77. The Balaban J connectivity index is 1.72. The highest BCUT2D eigenvalue weighted by Crippen LogP contribution is 2.16. The summed E-state index contributed by atoms with van der Waals surface area (Å²) in [7, 11) is 0. The number of anilines is 1. The second-order valence-corrected chi connectivity index (χ2v) is 6.12. The maximum absolute atomic E-state index is 13.0. The minimum atomic E-state index is -0.330. The van der Waals surface area contributed by atoms with Crippen molar-refractivity contribution in [1.29, 1.82) is 0 Å². The number of aromatic nitrogens is 1. The van der Waals surface area contributed by atoms with E-state index in [0.29, 0.717) is 12.1 Å². The molecule has 28 heavy (non-hydrogen) atoms. The van der Waals surface area contributed by atoms with E-state index in [1.807, 2.05) is 37.3 Å². The molecule has 0 atom stereocenters. The van der Waals surface area contributed by atoms with Crippen molar-refractivity contribution in [3.63, 3.8) is 0 Å². The summed E-state index contributed by atoms with van der Waals surface area (Å²) in [5.41, 5.74) is 2.08. The molecule has 1 heterocycles. The summed E-state index contributed by atoms with van der Waals surface area (Å²) in [4.78, 5) is 31.0. The molecule has 0 aliphatic heterocycles. The van der Waals surface area contributed by atoms with Crippen molar-refractivity contribution in [2.24, 2.45) is 0 Å². The lowest BCUT2D eigenvalue weighted by atomic mass is 10.1. The third kappa shape index (κ3) is 4.59. The molecule has 1 N–H and O–H groups in total. The normalized spacial score (nSPS) is 10.4. The van der Waals surface area contributed by atoms with Gasteiger partial charge in [0.15, 0.2) is 0 Å². The summed E-state index contributed by atoms with van der Waals surface area (Å²) in [6.07, 6.45) is 1.44. The first kappa shape index (κ1) is 19.2. The van der Waals surface area contributed by atoms with Crippen molar-refractivity contribution in [3.05, 3.63) is 95.6 Å². The summed E-state index contributed by atoms with van der Waals surface area (Å²) in [6.45, 7) is 2.62. The predicted molar refractivity (Wildman–Crippen MR) is 106 cm³/mol. The van der Waals surface area contributed by atoms with Crippen molar-refractivity contribution in [3.8, 4) is 0 Å². The number of hydrogen-bond acceptors (Lipinski definition) is 3. The van der Waals surface area contributed by atoms with Gasteiger partial charge >= 0.3 is 0 Å². The zero-order valence-electron chi connectivity index (χ0n) is 15.4. The van der Waals surface area contributed by atoms with Crippen molar-refractivity contribution >= 4 is 17.5 Å². The van der Waals surface area contributed by atoms with Gasteiger partial charge in [0.1, 0.15) is 11.5 Å². The monoisotopic (exact) mass is 377 g/mol. The Labute approximate surface area is 162 Å². The molecule has 5 nitrogen and oxygen atoms in total. The molecule has 0 fully saturated rings. The van der Waals surface area contributed by atoms with E-state index < -0.39 is 0 Å². The first-order valence-corrected chi connectivity index (χ1v) is 8.94. The SMILES string of the molecule is CCN(C(=O)c1cc(C(=O)NCc2ccc(F)cc2)ccn1)c1ccccc1. The Kier molecular flexibility index (Phi) is 6.11. The van der Waals surface area contributed by atoms with Gasteiger partial charge in [-0.2, -0.15) is 0 Å². The molecule has 0 saturated carbocycles. The number of carbonyl (C=O) groups excluding carboxylic acids is 2. The number of nitrogens with zero attached hydrogens (tertiary/aromatic N) is 2. The number of pyridine rings is 1. The summed E-state index contributed by atoms with van der Waals surface area (Å²) < 4.78 is 13.0. The summed E-state index contributed by atoms with van der Waals surface area (Å²) in [6, 6.07) is 18.2. The first-order chi connectivity index (χ1) is 13.6. The lowest BCUT2D eigenvalue weighted by Crippen LogP contribution is -2.31. The van der Waals surface area contributed by atoms with Crippen LogP contribution in [0.4, 0.5) is 10.1 Å². The summed E-state index contributed by atoms with van der Waals surface area (Å²) in [5, 5.41) is 2.76. The number of para-hydroxylation sites is 1. The minimum absolute atomic E-state index is 0.195. The van der Waals surface area contributed by atoms with Crippen LogP contribution in [0.25, 0.3) is 0 Å². The molecular weight excluding hydrogens is 357 g/mol. The molecule has 0 radical (unpaired) electrons. The molecule has 0 aliphatic carbocycles. The third-order valence-corrected chi connectivity index (χ3v) is 4.24. The molecule has 2 amide bonds. The molecule has 1 aromatic heterocycles. The Morgan fingerprint density at radius 1 is 1.04 bits per heavy atom. The zero-order valence-corrected chi connectivity index (χ0v) is 15.4. The second-order valence-electron chi connectivity index (χ2n) is 6.12. The van der Waals surface area contributed by atoms with Gasteiger partial charge < -0.3 is 10.2 Å². The molecule has 3 rings (SSSR count). The quantitative estimate of drug-likeness (QED) is 0.710. The van der Waals surface area contributed by atoms with Crippen LogP contribution in [-0.2, 0) is 6.54 Å². The number of carbonyl (C=O) groups is 2. The molecule has 0 aliphatic rings. The van der Waals surface area contributed by atoms with Gasteiger partial charge in [0, 0.05) is 30.5 Å². The summed E-state index contributed by atoms with van der Waals surface area (Å²) >= 11 is 0. The van der Waals surface area contributed by atoms with Gasteiger partial charge in [-0.15, -0.1) is 0 Å². The van der Waals surface area contributed by atoms with E-state index in [0.717, 1.165) is 11.3 Å². The van der Waals surface area contributed by atoms with Crippen LogP contribution in [-0.4, -0.2) is 23.3 Å². The lowest BCUT2D eigenvalue weighted by molar-refractivity contribution is 0.0951. The molecule has 3 aromatic rings. The van der Waals surface area contributed by atoms with Crippen LogP contribution in [0.3, 0.4) is 0 Å². The van der Waals surface area contributed by atoms with Crippen molar-refractivity contribution in [2.45, 2.75) is 13.5 Å². The predicted octanol–water partition coefficient (Wildman–Crippen LogP) is 3.82. The minimum Gasteiger partial charge on any atom is -0.348 e. The van der Waals surface area contributed by atoms with Crippen molar-refractivity contribution < 1.29 is 14.0 Å². The number of rotatable bonds is 6. The molecule has 0 unspecified atom stereocenters. The Bertz CT molecular complexity index is 959. The van der Waals surface area contributed by atoms with Gasteiger partial charge in [0.2, 0.25) is 0 Å². The molecular formula is C22H20FN3O2. The lowest BCUT2D eigenvalue weighted by Gasteiger charge is -2.20. The number of hydrogen-bond donors (Lipinski definition) is 1. The van der Waals surface area contributed by atoms with Gasteiger partial charge in [0.25, 0.3) is 11.8 Å². The van der Waals surface area contributed by atoms with Gasteiger partial charge in [-0.3, -0.25) is 14.6 Å². The third-order valence-electron chi connectivity index (χ3n) is 4.24. The first-order valence-electron chi connectivity index (χ1n) is 8.94. The highest BCUT2D eigenvalue weighted by Gasteiger charge is 2.18. The van der Waals surface area contributed by atoms with Crippen LogP contribution in [0.1, 0.15) is 33.3 Å². The van der Waals surface area contributed by atoms with Crippen LogP contribution >= 0.6 is 0 Å². The number of benzene rings is 2. The zero-order chi connectivity index (χ0) is 19.9. The molecule has 6 heteroatoms. The smallest absolute Gasteiger partial charge is 0.276 e. The molecule has 0 spiro atoms. The Morgan fingerprint density at radius 3 is 2.43 bits per heavy atom. The summed E-state index contributed by atoms with van der Waals surface area (Å²) in [5.74, 6) is -0.934. The van der Waals surface area contributed by atoms with Crippen LogP contribution in [0.5, 0.6) is 0 Å². The number of amides is 2. The number of halogens is 1. The van der Waals surface area contributed by atoms with E-state index in [4.69, 9.17) is 0 Å². The van der Waals surface area contributed by atoms with Crippen LogP contribution in [0.2, 0.25) is 0 Å². The Hall–Kier alpha value is -3.54. The highest BCUT2D eigenvalue weighted by molar-refractivity contribution is 6.06. The van der Waals surface area contributed by atoms with E-state index >= 15 is 0 Å². The highest BCUT2D eigenvalue weighted by atomic mass is 19.1. The fourth-order valence-electron chi connectivity index (χ4n) is 2.77. The molecule has 0 saturated heterocycles. The van der Waals surface area contributed by atoms with E-state index in [1.54, 1.807) is 23.1 Å². The van der Waals surface area contributed by atoms with Gasteiger partial charge in [-0.25, -0.2) is 4.39 Å². The van der Waals surface area contributed by atoms with Gasteiger partial charge in [0.05, 0.1) is 0 Å². The average molecular weight is 377 g/mol. The van der Waals surface area contributed by atoms with Crippen LogP contribution < -0.4 is 10.2 Å².